The maximum atomic E-state index is 14.0. The molecular formula is C30H46O5. The molecule has 4 rings (SSSR count). The third-order valence-corrected chi connectivity index (χ3v) is 11.7. The Kier molecular flexibility index (Phi) is 6.50. The summed E-state index contributed by atoms with van der Waals surface area (Å²) in [6, 6.07) is 0. The van der Waals surface area contributed by atoms with Gasteiger partial charge in [-0.3, -0.25) is 4.79 Å². The minimum Gasteiger partial charge on any atom is -0.478 e. The lowest BCUT2D eigenvalue weighted by Gasteiger charge is -2.61. The molecular weight excluding hydrogens is 440 g/mol. The molecule has 2 fully saturated rings. The van der Waals surface area contributed by atoms with Crippen molar-refractivity contribution >= 4 is 11.8 Å². The molecule has 196 valence electrons. The number of hydrogen-bond donors (Lipinski definition) is 3. The molecule has 0 aromatic rings. The van der Waals surface area contributed by atoms with E-state index in [9.17, 15) is 19.8 Å². The predicted molar refractivity (Wildman–Crippen MR) is 137 cm³/mol. The van der Waals surface area contributed by atoms with E-state index in [0.717, 1.165) is 31.3 Å². The van der Waals surface area contributed by atoms with Gasteiger partial charge in [-0.1, -0.05) is 53.2 Å². The van der Waals surface area contributed by atoms with Crippen LogP contribution in [0.25, 0.3) is 0 Å². The van der Waals surface area contributed by atoms with Crippen LogP contribution < -0.4 is 0 Å². The van der Waals surface area contributed by atoms with Gasteiger partial charge in [-0.25, -0.2) is 4.79 Å². The first-order valence-electron chi connectivity index (χ1n) is 13.7. The van der Waals surface area contributed by atoms with E-state index in [1.54, 1.807) is 13.0 Å². The molecule has 0 bridgehead atoms. The normalized spacial score (nSPS) is 43.9. The van der Waals surface area contributed by atoms with Crippen molar-refractivity contribution < 1.29 is 24.9 Å². The van der Waals surface area contributed by atoms with Gasteiger partial charge in [-0.2, -0.15) is 0 Å². The van der Waals surface area contributed by atoms with Crippen LogP contribution in [0.1, 0.15) is 99.8 Å². The van der Waals surface area contributed by atoms with Crippen LogP contribution >= 0.6 is 0 Å². The lowest BCUT2D eigenvalue weighted by atomic mass is 9.43. The van der Waals surface area contributed by atoms with Crippen LogP contribution in [-0.2, 0) is 9.59 Å². The SMILES string of the molecule is C/C(=C\CC[C@@H](C)[C@H]1C[C@H](O)[C@@]2(C)C3=C(C(=O)C[C@]12C)[C@@]1(C)CC[C@H](O)C(C)(C)[C@@H]1CC3)C(=O)O. The Labute approximate surface area is 211 Å². The Balaban J connectivity index is 1.70. The molecule has 0 spiro atoms. The lowest BCUT2D eigenvalue weighted by molar-refractivity contribution is -0.134. The lowest BCUT2D eigenvalue weighted by Crippen LogP contribution is -2.58. The van der Waals surface area contributed by atoms with Gasteiger partial charge < -0.3 is 15.3 Å². The number of hydrogen-bond acceptors (Lipinski definition) is 4. The van der Waals surface area contributed by atoms with Gasteiger partial charge in [0.05, 0.1) is 12.2 Å². The van der Waals surface area contributed by atoms with Crippen molar-refractivity contribution in [3.8, 4) is 0 Å². The van der Waals surface area contributed by atoms with E-state index in [0.29, 0.717) is 31.3 Å². The number of carboxylic acid groups (broad SMARTS) is 1. The van der Waals surface area contributed by atoms with Gasteiger partial charge in [0.25, 0.3) is 0 Å². The van der Waals surface area contributed by atoms with E-state index >= 15 is 0 Å². The van der Waals surface area contributed by atoms with Gasteiger partial charge >= 0.3 is 5.97 Å². The highest BCUT2D eigenvalue weighted by molar-refractivity contribution is 6.00. The fraction of sp³-hybridized carbons (Fsp3) is 0.800. The van der Waals surface area contributed by atoms with E-state index in [-0.39, 0.29) is 45.9 Å². The second kappa shape index (κ2) is 8.55. The van der Waals surface area contributed by atoms with Crippen LogP contribution in [0, 0.1) is 39.4 Å². The van der Waals surface area contributed by atoms with Crippen molar-refractivity contribution in [1.29, 1.82) is 0 Å². The number of carbonyl (C=O) groups excluding carboxylic acids is 1. The van der Waals surface area contributed by atoms with Crippen LogP contribution in [0.3, 0.4) is 0 Å². The number of Topliss-reactive ketones (excluding diaryl/α,β-unsaturated/α-hetero) is 1. The van der Waals surface area contributed by atoms with Gasteiger partial charge in [-0.15, -0.1) is 0 Å². The summed E-state index contributed by atoms with van der Waals surface area (Å²) in [5.41, 5.74) is 1.32. The molecule has 5 heteroatoms. The first-order valence-corrected chi connectivity index (χ1v) is 13.7. The minimum absolute atomic E-state index is 0.203. The number of rotatable bonds is 5. The molecule has 0 aliphatic heterocycles. The Morgan fingerprint density at radius 1 is 1.11 bits per heavy atom. The number of aliphatic carboxylic acids is 1. The third-order valence-electron chi connectivity index (χ3n) is 11.7. The highest BCUT2D eigenvalue weighted by atomic mass is 16.4. The molecule has 4 aliphatic carbocycles. The van der Waals surface area contributed by atoms with Crippen molar-refractivity contribution in [1.82, 2.24) is 0 Å². The second-order valence-electron chi connectivity index (χ2n) is 13.6. The van der Waals surface area contributed by atoms with E-state index in [1.165, 1.54) is 5.57 Å². The number of aliphatic hydroxyl groups is 2. The molecule has 0 unspecified atom stereocenters. The molecule has 3 N–H and O–H groups in total. The van der Waals surface area contributed by atoms with Gasteiger partial charge in [0, 0.05) is 23.0 Å². The van der Waals surface area contributed by atoms with Gasteiger partial charge in [0.1, 0.15) is 0 Å². The molecule has 4 aliphatic rings. The summed E-state index contributed by atoms with van der Waals surface area (Å²) < 4.78 is 0. The minimum atomic E-state index is -0.881. The smallest absolute Gasteiger partial charge is 0.330 e. The predicted octanol–water partition coefficient (Wildman–Crippen LogP) is 5.69. The monoisotopic (exact) mass is 486 g/mol. The van der Waals surface area contributed by atoms with Crippen molar-refractivity contribution in [2.24, 2.45) is 39.4 Å². The molecule has 0 radical (unpaired) electrons. The fourth-order valence-electron chi connectivity index (χ4n) is 9.29. The van der Waals surface area contributed by atoms with E-state index in [1.807, 2.05) is 0 Å². The summed E-state index contributed by atoms with van der Waals surface area (Å²) >= 11 is 0. The first kappa shape index (κ1) is 26.6. The van der Waals surface area contributed by atoms with Crippen molar-refractivity contribution in [3.63, 3.8) is 0 Å². The third kappa shape index (κ3) is 3.62. The summed E-state index contributed by atoms with van der Waals surface area (Å²) in [5, 5.41) is 31.6. The Morgan fingerprint density at radius 2 is 1.77 bits per heavy atom. The fourth-order valence-corrected chi connectivity index (χ4v) is 9.29. The van der Waals surface area contributed by atoms with Gasteiger partial charge in [0.2, 0.25) is 0 Å². The Bertz CT molecular complexity index is 975. The van der Waals surface area contributed by atoms with Crippen molar-refractivity contribution in [2.45, 2.75) is 112 Å². The number of allylic oxidation sites excluding steroid dienone is 2. The summed E-state index contributed by atoms with van der Waals surface area (Å²) in [6.45, 7) is 14.8. The van der Waals surface area contributed by atoms with E-state index in [2.05, 4.69) is 41.5 Å². The van der Waals surface area contributed by atoms with Gasteiger partial charge in [0.15, 0.2) is 5.78 Å². The molecule has 0 amide bonds. The van der Waals surface area contributed by atoms with E-state index < -0.39 is 17.5 Å². The van der Waals surface area contributed by atoms with Crippen molar-refractivity contribution in [2.75, 3.05) is 0 Å². The molecule has 8 atom stereocenters. The Hall–Kier alpha value is -1.46. The number of carbonyl (C=O) groups is 2. The molecule has 2 saturated carbocycles. The zero-order chi connectivity index (χ0) is 26.1. The topological polar surface area (TPSA) is 94.8 Å². The van der Waals surface area contributed by atoms with Crippen LogP contribution in [0.4, 0.5) is 0 Å². The molecule has 0 heterocycles. The summed E-state index contributed by atoms with van der Waals surface area (Å²) in [6.07, 6.45) is 6.95. The molecule has 0 aromatic carbocycles. The average molecular weight is 487 g/mol. The van der Waals surface area contributed by atoms with E-state index in [4.69, 9.17) is 5.11 Å². The van der Waals surface area contributed by atoms with Crippen LogP contribution in [0.5, 0.6) is 0 Å². The largest absolute Gasteiger partial charge is 0.478 e. The molecule has 35 heavy (non-hydrogen) atoms. The highest BCUT2D eigenvalue weighted by Crippen LogP contribution is 2.71. The number of fused-ring (bicyclic) bond motifs is 4. The van der Waals surface area contributed by atoms with Crippen LogP contribution in [0.15, 0.2) is 22.8 Å². The zero-order valence-electron chi connectivity index (χ0n) is 22.8. The standard InChI is InChI=1S/C30H46O5/c1-17(9-8-10-18(2)26(34)35)20-15-24(33)30(7)19-11-12-22-27(3,4)23(32)13-14-28(22,5)25(19)21(31)16-29(20,30)6/h10,17,20,22-24,32-33H,8-9,11-16H2,1-7H3,(H,34,35)/b18-10+/t17-,20-,22+,23+,24+,28+,29-,30-/m1/s1. The van der Waals surface area contributed by atoms with Crippen LogP contribution in [-0.4, -0.2) is 39.3 Å². The first-order chi connectivity index (χ1) is 16.1. The highest BCUT2D eigenvalue weighted by Gasteiger charge is 2.68. The number of ketones is 1. The van der Waals surface area contributed by atoms with Crippen molar-refractivity contribution in [3.05, 3.63) is 22.8 Å². The zero-order valence-corrected chi connectivity index (χ0v) is 22.8. The quantitative estimate of drug-likeness (QED) is 0.434. The Morgan fingerprint density at radius 3 is 2.40 bits per heavy atom. The molecule has 0 aromatic heterocycles. The molecule has 5 nitrogen and oxygen atoms in total. The average Bonchev–Trinajstić information content (AvgIpc) is 2.97. The summed E-state index contributed by atoms with van der Waals surface area (Å²) in [7, 11) is 0. The van der Waals surface area contributed by atoms with Crippen LogP contribution in [0.2, 0.25) is 0 Å². The van der Waals surface area contributed by atoms with Gasteiger partial charge in [-0.05, 0) is 85.9 Å². The number of aliphatic hydroxyl groups excluding tert-OH is 2. The maximum Gasteiger partial charge on any atom is 0.330 e. The second-order valence-corrected chi connectivity index (χ2v) is 13.6. The summed E-state index contributed by atoms with van der Waals surface area (Å²) in [4.78, 5) is 25.2. The summed E-state index contributed by atoms with van der Waals surface area (Å²) in [5.74, 6) is 0.113. The maximum absolute atomic E-state index is 14.0. The number of carboxylic acids is 1. The molecule has 0 saturated heterocycles.